The van der Waals surface area contributed by atoms with Gasteiger partial charge in [0.05, 0.1) is 11.5 Å². The predicted molar refractivity (Wildman–Crippen MR) is 62.8 cm³/mol. The van der Waals surface area contributed by atoms with Gasteiger partial charge in [-0.15, -0.1) is 0 Å². The highest BCUT2D eigenvalue weighted by Gasteiger charge is 2.39. The molecule has 2 N–H and O–H groups in total. The molecular formula is C12H21NO4. The highest BCUT2D eigenvalue weighted by molar-refractivity contribution is 5.76. The summed E-state index contributed by atoms with van der Waals surface area (Å²) in [5, 5.41) is 11.9. The fraction of sp³-hybridized carbons (Fsp3) is 0.833. The van der Waals surface area contributed by atoms with Gasteiger partial charge in [-0.2, -0.15) is 0 Å². The Bertz CT molecular complexity index is 282. The standard InChI is InChI=1S/C12H21NO4/c1-9(2)17-11(16)13-8-12(10(14)15)6-4-3-5-7-12/h9H,3-8H2,1-2H3,(H,13,16)(H,14,15). The number of alkyl carbamates (subject to hydrolysis) is 1. The van der Waals surface area contributed by atoms with Crippen LogP contribution in [0.1, 0.15) is 46.0 Å². The van der Waals surface area contributed by atoms with E-state index in [1.807, 2.05) is 0 Å². The predicted octanol–water partition coefficient (Wildman–Crippen LogP) is 2.16. The third-order valence-corrected chi connectivity index (χ3v) is 3.18. The number of rotatable bonds is 4. The molecule has 1 aliphatic rings. The van der Waals surface area contributed by atoms with Crippen LogP contribution in [0.4, 0.5) is 4.79 Å². The van der Waals surface area contributed by atoms with E-state index in [0.29, 0.717) is 12.8 Å². The Balaban J connectivity index is 2.50. The third kappa shape index (κ3) is 3.91. The van der Waals surface area contributed by atoms with Crippen LogP contribution in [-0.4, -0.2) is 29.8 Å². The number of carbonyl (C=O) groups excluding carboxylic acids is 1. The molecule has 5 heteroatoms. The molecule has 0 atom stereocenters. The molecule has 0 heterocycles. The largest absolute Gasteiger partial charge is 0.481 e. The fourth-order valence-electron chi connectivity index (χ4n) is 2.19. The van der Waals surface area contributed by atoms with Crippen molar-refractivity contribution in [1.82, 2.24) is 5.32 Å². The second-order valence-corrected chi connectivity index (χ2v) is 4.95. The van der Waals surface area contributed by atoms with Crippen molar-refractivity contribution in [3.8, 4) is 0 Å². The summed E-state index contributed by atoms with van der Waals surface area (Å²) in [5.41, 5.74) is -0.797. The van der Waals surface area contributed by atoms with Gasteiger partial charge in [-0.25, -0.2) is 4.79 Å². The number of hydrogen-bond donors (Lipinski definition) is 2. The normalized spacial score (nSPS) is 18.8. The molecule has 0 unspecified atom stereocenters. The minimum absolute atomic E-state index is 0.161. The second-order valence-electron chi connectivity index (χ2n) is 4.95. The molecule has 0 saturated heterocycles. The van der Waals surface area contributed by atoms with Crippen LogP contribution in [0, 0.1) is 5.41 Å². The van der Waals surface area contributed by atoms with Crippen molar-refractivity contribution in [2.24, 2.45) is 5.41 Å². The third-order valence-electron chi connectivity index (χ3n) is 3.18. The lowest BCUT2D eigenvalue weighted by Gasteiger charge is -2.33. The van der Waals surface area contributed by atoms with Gasteiger partial charge in [-0.3, -0.25) is 4.79 Å². The molecule has 0 spiro atoms. The van der Waals surface area contributed by atoms with Crippen molar-refractivity contribution in [2.45, 2.75) is 52.1 Å². The monoisotopic (exact) mass is 243 g/mol. The van der Waals surface area contributed by atoms with Crippen molar-refractivity contribution in [1.29, 1.82) is 0 Å². The lowest BCUT2D eigenvalue weighted by atomic mass is 9.74. The molecule has 1 fully saturated rings. The Labute approximate surface area is 102 Å². The second kappa shape index (κ2) is 5.89. The Morgan fingerprint density at radius 3 is 2.35 bits per heavy atom. The van der Waals surface area contributed by atoms with Gasteiger partial charge in [0.1, 0.15) is 0 Å². The van der Waals surface area contributed by atoms with Gasteiger partial charge in [0.2, 0.25) is 0 Å². The zero-order valence-corrected chi connectivity index (χ0v) is 10.5. The minimum atomic E-state index is -0.818. The number of hydrogen-bond acceptors (Lipinski definition) is 3. The lowest BCUT2D eigenvalue weighted by Crippen LogP contribution is -2.44. The van der Waals surface area contributed by atoms with E-state index >= 15 is 0 Å². The van der Waals surface area contributed by atoms with Crippen molar-refractivity contribution < 1.29 is 19.4 Å². The van der Waals surface area contributed by atoms with Crippen LogP contribution in [-0.2, 0) is 9.53 Å². The smallest absolute Gasteiger partial charge is 0.407 e. The first-order valence-corrected chi connectivity index (χ1v) is 6.14. The molecule has 0 aromatic rings. The zero-order chi connectivity index (χ0) is 12.9. The van der Waals surface area contributed by atoms with Crippen molar-refractivity contribution in [3.05, 3.63) is 0 Å². The topological polar surface area (TPSA) is 75.6 Å². The van der Waals surface area contributed by atoms with E-state index in [1.54, 1.807) is 13.8 Å². The summed E-state index contributed by atoms with van der Waals surface area (Å²) < 4.78 is 4.92. The maximum atomic E-state index is 11.3. The molecule has 17 heavy (non-hydrogen) atoms. The first-order valence-electron chi connectivity index (χ1n) is 6.14. The SMILES string of the molecule is CC(C)OC(=O)NCC1(C(=O)O)CCCCC1. The van der Waals surface area contributed by atoms with Crippen molar-refractivity contribution >= 4 is 12.1 Å². The summed E-state index contributed by atoms with van der Waals surface area (Å²) in [7, 11) is 0. The van der Waals surface area contributed by atoms with Gasteiger partial charge in [-0.1, -0.05) is 19.3 Å². The number of nitrogens with one attached hydrogen (secondary N) is 1. The first kappa shape index (κ1) is 13.8. The van der Waals surface area contributed by atoms with Gasteiger partial charge in [0.25, 0.3) is 0 Å². The fourth-order valence-corrected chi connectivity index (χ4v) is 2.19. The van der Waals surface area contributed by atoms with Crippen LogP contribution in [0.3, 0.4) is 0 Å². The van der Waals surface area contributed by atoms with E-state index in [1.165, 1.54) is 0 Å². The van der Waals surface area contributed by atoms with Gasteiger partial charge < -0.3 is 15.2 Å². The number of amides is 1. The number of carbonyl (C=O) groups is 2. The first-order chi connectivity index (χ1) is 7.96. The van der Waals surface area contributed by atoms with Gasteiger partial charge in [0.15, 0.2) is 0 Å². The molecule has 0 aromatic carbocycles. The van der Waals surface area contributed by atoms with E-state index < -0.39 is 17.5 Å². The molecule has 0 bridgehead atoms. The summed E-state index contributed by atoms with van der Waals surface area (Å²) in [4.78, 5) is 22.7. The van der Waals surface area contributed by atoms with E-state index in [4.69, 9.17) is 4.74 Å². The van der Waals surface area contributed by atoms with E-state index in [2.05, 4.69) is 5.32 Å². The zero-order valence-electron chi connectivity index (χ0n) is 10.5. The van der Waals surface area contributed by atoms with E-state index in [-0.39, 0.29) is 12.6 Å². The average Bonchev–Trinajstić information content (AvgIpc) is 2.26. The summed E-state index contributed by atoms with van der Waals surface area (Å²) in [6.45, 7) is 3.67. The minimum Gasteiger partial charge on any atom is -0.481 e. The number of carboxylic acid groups (broad SMARTS) is 1. The molecule has 5 nitrogen and oxygen atoms in total. The molecule has 1 saturated carbocycles. The quantitative estimate of drug-likeness (QED) is 0.793. The summed E-state index contributed by atoms with van der Waals surface area (Å²) in [5.74, 6) is -0.818. The number of aliphatic carboxylic acids is 1. The van der Waals surface area contributed by atoms with Crippen molar-refractivity contribution in [3.63, 3.8) is 0 Å². The van der Waals surface area contributed by atoms with Crippen LogP contribution in [0.2, 0.25) is 0 Å². The molecule has 0 radical (unpaired) electrons. The molecule has 1 aliphatic carbocycles. The average molecular weight is 243 g/mol. The van der Waals surface area contributed by atoms with Crippen molar-refractivity contribution in [2.75, 3.05) is 6.54 Å². The van der Waals surface area contributed by atoms with Gasteiger partial charge in [0, 0.05) is 6.54 Å². The van der Waals surface area contributed by atoms with Crippen LogP contribution in [0.25, 0.3) is 0 Å². The number of ether oxygens (including phenoxy) is 1. The molecule has 1 amide bonds. The Morgan fingerprint density at radius 2 is 1.88 bits per heavy atom. The molecule has 0 aromatic heterocycles. The van der Waals surface area contributed by atoms with E-state index in [9.17, 15) is 14.7 Å². The Kier molecular flexibility index (Phi) is 4.78. The lowest BCUT2D eigenvalue weighted by molar-refractivity contribution is -0.150. The van der Waals surface area contributed by atoms with Crippen LogP contribution < -0.4 is 5.32 Å². The molecule has 98 valence electrons. The molecule has 0 aliphatic heterocycles. The molecular weight excluding hydrogens is 222 g/mol. The van der Waals surface area contributed by atoms with Gasteiger partial charge in [-0.05, 0) is 26.7 Å². The maximum absolute atomic E-state index is 11.3. The maximum Gasteiger partial charge on any atom is 0.407 e. The molecule has 1 rings (SSSR count). The van der Waals surface area contributed by atoms with E-state index in [0.717, 1.165) is 19.3 Å². The highest BCUT2D eigenvalue weighted by Crippen LogP contribution is 2.35. The van der Waals surface area contributed by atoms with Crippen LogP contribution in [0.5, 0.6) is 0 Å². The van der Waals surface area contributed by atoms with Crippen LogP contribution in [0.15, 0.2) is 0 Å². The number of carboxylic acids is 1. The van der Waals surface area contributed by atoms with Crippen LogP contribution >= 0.6 is 0 Å². The summed E-state index contributed by atoms with van der Waals surface area (Å²) >= 11 is 0. The van der Waals surface area contributed by atoms with Gasteiger partial charge >= 0.3 is 12.1 Å². The Morgan fingerprint density at radius 1 is 1.29 bits per heavy atom. The highest BCUT2D eigenvalue weighted by atomic mass is 16.6. The Hall–Kier alpha value is -1.26. The summed E-state index contributed by atoms with van der Waals surface area (Å²) in [6.07, 6.45) is 3.42. The summed E-state index contributed by atoms with van der Waals surface area (Å²) in [6, 6.07) is 0.